The van der Waals surface area contributed by atoms with Crippen molar-refractivity contribution in [2.24, 2.45) is 7.05 Å². The molecule has 0 radical (unpaired) electrons. The zero-order valence-electron chi connectivity index (χ0n) is 15.3. The molecule has 8 nitrogen and oxygen atoms in total. The van der Waals surface area contributed by atoms with Crippen molar-refractivity contribution in [2.75, 3.05) is 0 Å². The molecule has 1 unspecified atom stereocenters. The van der Waals surface area contributed by atoms with E-state index >= 15 is 0 Å². The first-order valence-electron chi connectivity index (χ1n) is 8.76. The van der Waals surface area contributed by atoms with E-state index in [4.69, 9.17) is 4.42 Å². The molecule has 9 heteroatoms. The fourth-order valence-corrected chi connectivity index (χ4v) is 3.32. The van der Waals surface area contributed by atoms with E-state index in [-0.39, 0.29) is 24.2 Å². The number of nitrogens with zero attached hydrogens (tertiary/aromatic N) is 4. The van der Waals surface area contributed by atoms with Gasteiger partial charge in [-0.2, -0.15) is 5.10 Å². The van der Waals surface area contributed by atoms with Crippen LogP contribution in [0.1, 0.15) is 24.6 Å². The lowest BCUT2D eigenvalue weighted by molar-refractivity contribution is -0.132. The molecule has 1 atom stereocenters. The molecule has 1 N–H and O–H groups in total. The average Bonchev–Trinajstić information content (AvgIpc) is 3.38. The lowest BCUT2D eigenvalue weighted by atomic mass is 9.89. The van der Waals surface area contributed by atoms with Gasteiger partial charge < -0.3 is 9.73 Å². The SMILES string of the molecule is CCC1(c2cnn(C)c2)NC(=O)N(Cc2coc(-c3ccc(F)cc3)n2)C1=O. The Morgan fingerprint density at radius 2 is 2.00 bits per heavy atom. The number of benzene rings is 1. The fraction of sp³-hybridized carbons (Fsp3) is 0.263. The van der Waals surface area contributed by atoms with Gasteiger partial charge in [0.05, 0.1) is 18.4 Å². The van der Waals surface area contributed by atoms with Gasteiger partial charge in [-0.25, -0.2) is 14.2 Å². The van der Waals surface area contributed by atoms with Crippen LogP contribution in [0.2, 0.25) is 0 Å². The molecule has 0 aliphatic carbocycles. The van der Waals surface area contributed by atoms with Crippen molar-refractivity contribution in [3.05, 3.63) is 60.0 Å². The number of imide groups is 1. The molecule has 1 saturated heterocycles. The minimum Gasteiger partial charge on any atom is -0.444 e. The number of hydrogen-bond acceptors (Lipinski definition) is 5. The Morgan fingerprint density at radius 3 is 2.64 bits per heavy atom. The molecule has 28 heavy (non-hydrogen) atoms. The van der Waals surface area contributed by atoms with Crippen LogP contribution in [0.3, 0.4) is 0 Å². The highest BCUT2D eigenvalue weighted by Gasteiger charge is 2.52. The number of nitrogens with one attached hydrogen (secondary N) is 1. The predicted molar refractivity (Wildman–Crippen MR) is 96.2 cm³/mol. The molecule has 4 rings (SSSR count). The number of rotatable bonds is 5. The zero-order chi connectivity index (χ0) is 19.9. The van der Waals surface area contributed by atoms with E-state index < -0.39 is 11.6 Å². The van der Waals surface area contributed by atoms with Crippen LogP contribution in [0.5, 0.6) is 0 Å². The topological polar surface area (TPSA) is 93.3 Å². The number of oxazole rings is 1. The number of amides is 3. The Morgan fingerprint density at radius 1 is 1.25 bits per heavy atom. The number of aryl methyl sites for hydroxylation is 1. The van der Waals surface area contributed by atoms with Crippen LogP contribution in [-0.2, 0) is 23.9 Å². The Bertz CT molecular complexity index is 1040. The molecule has 3 heterocycles. The van der Waals surface area contributed by atoms with Gasteiger partial charge >= 0.3 is 6.03 Å². The summed E-state index contributed by atoms with van der Waals surface area (Å²) in [5, 5.41) is 6.90. The van der Waals surface area contributed by atoms with Gasteiger partial charge in [-0.3, -0.25) is 14.4 Å². The zero-order valence-corrected chi connectivity index (χ0v) is 15.3. The van der Waals surface area contributed by atoms with Crippen LogP contribution in [-0.4, -0.2) is 31.6 Å². The van der Waals surface area contributed by atoms with Crippen LogP contribution < -0.4 is 5.32 Å². The largest absolute Gasteiger partial charge is 0.444 e. The van der Waals surface area contributed by atoms with Gasteiger partial charge in [-0.1, -0.05) is 6.92 Å². The maximum Gasteiger partial charge on any atom is 0.325 e. The van der Waals surface area contributed by atoms with E-state index in [9.17, 15) is 14.0 Å². The molecule has 144 valence electrons. The maximum absolute atomic E-state index is 13.1. The highest BCUT2D eigenvalue weighted by molar-refractivity contribution is 6.07. The second-order valence-electron chi connectivity index (χ2n) is 6.63. The van der Waals surface area contributed by atoms with E-state index in [1.54, 1.807) is 36.3 Å². The molecule has 1 fully saturated rings. The molecule has 0 spiro atoms. The summed E-state index contributed by atoms with van der Waals surface area (Å²) >= 11 is 0. The number of urea groups is 1. The highest BCUT2D eigenvalue weighted by atomic mass is 19.1. The third-order valence-electron chi connectivity index (χ3n) is 4.87. The summed E-state index contributed by atoms with van der Waals surface area (Å²) in [6, 6.07) is 5.20. The monoisotopic (exact) mass is 383 g/mol. The first-order chi connectivity index (χ1) is 13.4. The Hall–Kier alpha value is -3.49. The van der Waals surface area contributed by atoms with Gasteiger partial charge in [0.1, 0.15) is 17.6 Å². The Labute approximate surface area is 160 Å². The summed E-state index contributed by atoms with van der Waals surface area (Å²) in [4.78, 5) is 31.1. The van der Waals surface area contributed by atoms with Crippen LogP contribution in [0.25, 0.3) is 11.5 Å². The van der Waals surface area contributed by atoms with Crippen molar-refractivity contribution in [1.82, 2.24) is 25.0 Å². The van der Waals surface area contributed by atoms with Crippen LogP contribution in [0.15, 0.2) is 47.3 Å². The lowest BCUT2D eigenvalue weighted by Crippen LogP contribution is -2.43. The summed E-state index contributed by atoms with van der Waals surface area (Å²) in [6.07, 6.45) is 5.07. The van der Waals surface area contributed by atoms with E-state index in [0.29, 0.717) is 23.2 Å². The summed E-state index contributed by atoms with van der Waals surface area (Å²) in [5.41, 5.74) is 0.504. The Kier molecular flexibility index (Phi) is 4.21. The number of halogens is 1. The van der Waals surface area contributed by atoms with E-state index in [1.807, 2.05) is 6.92 Å². The lowest BCUT2D eigenvalue weighted by Gasteiger charge is -2.23. The third-order valence-corrected chi connectivity index (χ3v) is 4.87. The minimum absolute atomic E-state index is 0.0304. The van der Waals surface area contributed by atoms with Crippen molar-refractivity contribution >= 4 is 11.9 Å². The molecule has 2 aromatic heterocycles. The standard InChI is InChI=1S/C19H18FN5O3/c1-3-19(13-8-21-24(2)9-13)17(26)25(18(27)23-19)10-15-11-28-16(22-15)12-4-6-14(20)7-5-12/h4-9,11H,3,10H2,1-2H3,(H,23,27). The quantitative estimate of drug-likeness (QED) is 0.684. The van der Waals surface area contributed by atoms with E-state index in [2.05, 4.69) is 15.4 Å². The molecule has 1 aromatic carbocycles. The molecule has 3 amide bonds. The first-order valence-corrected chi connectivity index (χ1v) is 8.76. The van der Waals surface area contributed by atoms with Crippen molar-refractivity contribution < 1.29 is 18.4 Å². The van der Waals surface area contributed by atoms with Gasteiger partial charge in [0, 0.05) is 24.4 Å². The summed E-state index contributed by atoms with van der Waals surface area (Å²) in [5.74, 6) is -0.434. The molecular formula is C19H18FN5O3. The molecule has 0 saturated carbocycles. The summed E-state index contributed by atoms with van der Waals surface area (Å²) < 4.78 is 20.1. The summed E-state index contributed by atoms with van der Waals surface area (Å²) in [6.45, 7) is 1.80. The smallest absolute Gasteiger partial charge is 0.325 e. The van der Waals surface area contributed by atoms with Crippen molar-refractivity contribution in [2.45, 2.75) is 25.4 Å². The summed E-state index contributed by atoms with van der Waals surface area (Å²) in [7, 11) is 1.75. The van der Waals surface area contributed by atoms with Crippen LogP contribution >= 0.6 is 0 Å². The number of carbonyl (C=O) groups is 2. The minimum atomic E-state index is -1.14. The molecule has 3 aromatic rings. The van der Waals surface area contributed by atoms with Gasteiger partial charge in [0.25, 0.3) is 5.91 Å². The van der Waals surface area contributed by atoms with E-state index in [1.165, 1.54) is 18.4 Å². The van der Waals surface area contributed by atoms with Gasteiger partial charge in [0.15, 0.2) is 0 Å². The van der Waals surface area contributed by atoms with Gasteiger partial charge in [0.2, 0.25) is 5.89 Å². The van der Waals surface area contributed by atoms with Crippen molar-refractivity contribution in [3.63, 3.8) is 0 Å². The number of hydrogen-bond donors (Lipinski definition) is 1. The van der Waals surface area contributed by atoms with Crippen LogP contribution in [0.4, 0.5) is 9.18 Å². The van der Waals surface area contributed by atoms with Crippen molar-refractivity contribution in [3.8, 4) is 11.5 Å². The second kappa shape index (κ2) is 6.59. The molecule has 0 bridgehead atoms. The Balaban J connectivity index is 1.58. The number of carbonyl (C=O) groups excluding carboxylic acids is 2. The molecule has 1 aliphatic rings. The third kappa shape index (κ3) is 2.84. The predicted octanol–water partition coefficient (Wildman–Crippen LogP) is 2.57. The fourth-order valence-electron chi connectivity index (χ4n) is 3.32. The number of aromatic nitrogens is 3. The van der Waals surface area contributed by atoms with Crippen molar-refractivity contribution in [1.29, 1.82) is 0 Å². The highest BCUT2D eigenvalue weighted by Crippen LogP contribution is 2.33. The normalized spacial score (nSPS) is 19.3. The first kappa shape index (κ1) is 17.9. The van der Waals surface area contributed by atoms with Gasteiger partial charge in [-0.15, -0.1) is 0 Å². The van der Waals surface area contributed by atoms with Gasteiger partial charge in [-0.05, 0) is 30.7 Å². The molecular weight excluding hydrogens is 365 g/mol. The van der Waals surface area contributed by atoms with Crippen LogP contribution in [0, 0.1) is 5.82 Å². The molecule has 1 aliphatic heterocycles. The van der Waals surface area contributed by atoms with E-state index in [0.717, 1.165) is 4.90 Å². The second-order valence-corrected chi connectivity index (χ2v) is 6.63. The average molecular weight is 383 g/mol. The maximum atomic E-state index is 13.1.